The van der Waals surface area contributed by atoms with Gasteiger partial charge in [0.05, 0.1) is 12.1 Å². The molecule has 0 radical (unpaired) electrons. The van der Waals surface area contributed by atoms with E-state index in [4.69, 9.17) is 0 Å². The average Bonchev–Trinajstić information content (AvgIpc) is 3.13. The number of nitrogens with zero attached hydrogens (tertiary/aromatic N) is 2. The number of nitrogens with one attached hydrogen (secondary N) is 2. The fourth-order valence-electron chi connectivity index (χ4n) is 2.26. The summed E-state index contributed by atoms with van der Waals surface area (Å²) in [6, 6.07) is 13.3. The summed E-state index contributed by atoms with van der Waals surface area (Å²) >= 11 is 1.29. The van der Waals surface area contributed by atoms with Crippen molar-refractivity contribution in [2.24, 2.45) is 0 Å². The Kier molecular flexibility index (Phi) is 6.43. The molecule has 0 saturated heterocycles. The van der Waals surface area contributed by atoms with Crippen LogP contribution in [0.2, 0.25) is 0 Å². The van der Waals surface area contributed by atoms with Crippen molar-refractivity contribution in [2.45, 2.75) is 13.0 Å². The molecule has 0 aliphatic rings. The summed E-state index contributed by atoms with van der Waals surface area (Å²) in [4.78, 5) is 32.3. The Morgan fingerprint density at radius 1 is 1.11 bits per heavy atom. The van der Waals surface area contributed by atoms with Gasteiger partial charge in [-0.25, -0.2) is 4.98 Å². The number of rotatable bonds is 7. The van der Waals surface area contributed by atoms with Crippen molar-refractivity contribution in [3.63, 3.8) is 0 Å². The predicted molar refractivity (Wildman–Crippen MR) is 106 cm³/mol. The first-order valence-electron chi connectivity index (χ1n) is 8.33. The van der Waals surface area contributed by atoms with Crippen LogP contribution in [0.15, 0.2) is 66.3 Å². The second-order valence-corrected chi connectivity index (χ2v) is 6.55. The minimum Gasteiger partial charge on any atom is -0.352 e. The van der Waals surface area contributed by atoms with Gasteiger partial charge < -0.3 is 5.32 Å². The Labute approximate surface area is 161 Å². The lowest BCUT2D eigenvalue weighted by Crippen LogP contribution is -2.24. The molecule has 0 atom stereocenters. The van der Waals surface area contributed by atoms with Gasteiger partial charge in [-0.3, -0.25) is 19.9 Å². The van der Waals surface area contributed by atoms with Crippen molar-refractivity contribution >= 4 is 34.4 Å². The number of carbonyl (C=O) groups is 2. The quantitative estimate of drug-likeness (QED) is 0.619. The molecule has 136 valence electrons. The highest BCUT2D eigenvalue weighted by atomic mass is 32.1. The van der Waals surface area contributed by atoms with E-state index in [2.05, 4.69) is 20.6 Å². The maximum Gasteiger partial charge on any atom is 0.250 e. The van der Waals surface area contributed by atoms with Gasteiger partial charge in [-0.05, 0) is 23.3 Å². The van der Waals surface area contributed by atoms with E-state index in [-0.39, 0.29) is 18.2 Å². The SMILES string of the molecule is O=C(/C=C/c1ccccc1)Nc1nc(CC(=O)NCc2cccnc2)cs1. The van der Waals surface area contributed by atoms with Gasteiger partial charge in [0.2, 0.25) is 11.8 Å². The number of carbonyl (C=O) groups excluding carboxylic acids is 2. The first-order valence-corrected chi connectivity index (χ1v) is 9.21. The third-order valence-corrected chi connectivity index (χ3v) is 4.37. The molecule has 0 bridgehead atoms. The van der Waals surface area contributed by atoms with Crippen LogP contribution in [0, 0.1) is 0 Å². The van der Waals surface area contributed by atoms with Gasteiger partial charge >= 0.3 is 0 Å². The van der Waals surface area contributed by atoms with Gasteiger partial charge in [-0.15, -0.1) is 11.3 Å². The summed E-state index contributed by atoms with van der Waals surface area (Å²) in [6.07, 6.45) is 6.74. The summed E-state index contributed by atoms with van der Waals surface area (Å²) in [6.45, 7) is 0.421. The topological polar surface area (TPSA) is 84.0 Å². The summed E-state index contributed by atoms with van der Waals surface area (Å²) in [5.41, 5.74) is 2.49. The minimum atomic E-state index is -0.263. The highest BCUT2D eigenvalue weighted by Crippen LogP contribution is 2.16. The van der Waals surface area contributed by atoms with Gasteiger partial charge in [-0.2, -0.15) is 0 Å². The minimum absolute atomic E-state index is 0.133. The van der Waals surface area contributed by atoms with Crippen LogP contribution < -0.4 is 10.6 Å². The highest BCUT2D eigenvalue weighted by molar-refractivity contribution is 7.14. The van der Waals surface area contributed by atoms with Crippen molar-refractivity contribution in [3.05, 3.63) is 83.1 Å². The summed E-state index contributed by atoms with van der Waals surface area (Å²) in [5, 5.41) is 7.76. The molecule has 7 heteroatoms. The number of anilines is 1. The monoisotopic (exact) mass is 378 g/mol. The molecule has 0 spiro atoms. The molecule has 3 rings (SSSR count). The van der Waals surface area contributed by atoms with Crippen molar-refractivity contribution in [1.82, 2.24) is 15.3 Å². The summed E-state index contributed by atoms with van der Waals surface area (Å²) in [5.74, 6) is -0.396. The fourth-order valence-corrected chi connectivity index (χ4v) is 2.97. The zero-order chi connectivity index (χ0) is 18.9. The van der Waals surface area contributed by atoms with Crippen LogP contribution in [0.3, 0.4) is 0 Å². The molecule has 3 aromatic rings. The van der Waals surface area contributed by atoms with Crippen molar-refractivity contribution in [2.75, 3.05) is 5.32 Å². The molecule has 2 heterocycles. The van der Waals surface area contributed by atoms with E-state index in [0.29, 0.717) is 17.4 Å². The first-order chi connectivity index (χ1) is 13.2. The van der Waals surface area contributed by atoms with Crippen molar-refractivity contribution in [3.8, 4) is 0 Å². The average molecular weight is 378 g/mol. The Hall–Kier alpha value is -3.32. The molecule has 0 aliphatic carbocycles. The standard InChI is InChI=1S/C20H18N4O2S/c25-18(9-8-15-5-2-1-3-6-15)24-20-23-17(14-27-20)11-19(26)22-13-16-7-4-10-21-12-16/h1-10,12,14H,11,13H2,(H,22,26)(H,23,24,25)/b9-8+. The zero-order valence-electron chi connectivity index (χ0n) is 14.5. The van der Waals surface area contributed by atoms with E-state index in [9.17, 15) is 9.59 Å². The lowest BCUT2D eigenvalue weighted by Gasteiger charge is -2.03. The van der Waals surface area contributed by atoms with E-state index in [0.717, 1.165) is 11.1 Å². The Bertz CT molecular complexity index is 923. The van der Waals surface area contributed by atoms with Crippen LogP contribution in [-0.4, -0.2) is 21.8 Å². The first kappa shape index (κ1) is 18.5. The molecule has 27 heavy (non-hydrogen) atoms. The van der Waals surface area contributed by atoms with E-state index in [1.165, 1.54) is 17.4 Å². The summed E-state index contributed by atoms with van der Waals surface area (Å²) < 4.78 is 0. The molecular weight excluding hydrogens is 360 g/mol. The van der Waals surface area contributed by atoms with Crippen molar-refractivity contribution < 1.29 is 9.59 Å². The number of amides is 2. The van der Waals surface area contributed by atoms with E-state index in [1.807, 2.05) is 42.5 Å². The lowest BCUT2D eigenvalue weighted by atomic mass is 10.2. The molecule has 1 aromatic carbocycles. The maximum atomic E-state index is 12.0. The molecule has 6 nitrogen and oxygen atoms in total. The zero-order valence-corrected chi connectivity index (χ0v) is 15.3. The van der Waals surface area contributed by atoms with Crippen LogP contribution in [-0.2, 0) is 22.6 Å². The van der Waals surface area contributed by atoms with Crippen LogP contribution >= 0.6 is 11.3 Å². The number of aromatic nitrogens is 2. The largest absolute Gasteiger partial charge is 0.352 e. The third kappa shape index (κ3) is 6.16. The van der Waals surface area contributed by atoms with E-state index in [1.54, 1.807) is 23.8 Å². The Morgan fingerprint density at radius 2 is 1.96 bits per heavy atom. The van der Waals surface area contributed by atoms with Crippen LogP contribution in [0.5, 0.6) is 0 Å². The molecule has 0 fully saturated rings. The molecule has 2 amide bonds. The van der Waals surface area contributed by atoms with Gasteiger partial charge in [-0.1, -0.05) is 36.4 Å². The number of pyridine rings is 1. The Balaban J connectivity index is 1.47. The molecule has 0 aliphatic heterocycles. The van der Waals surface area contributed by atoms with Crippen LogP contribution in [0.25, 0.3) is 6.08 Å². The van der Waals surface area contributed by atoms with Crippen LogP contribution in [0.1, 0.15) is 16.8 Å². The van der Waals surface area contributed by atoms with Gasteiger partial charge in [0.25, 0.3) is 0 Å². The fraction of sp³-hybridized carbons (Fsp3) is 0.100. The molecule has 0 unspecified atom stereocenters. The third-order valence-electron chi connectivity index (χ3n) is 3.56. The maximum absolute atomic E-state index is 12.0. The Morgan fingerprint density at radius 3 is 2.74 bits per heavy atom. The normalized spacial score (nSPS) is 10.7. The molecule has 2 N–H and O–H groups in total. The summed E-state index contributed by atoms with van der Waals surface area (Å²) in [7, 11) is 0. The van der Waals surface area contributed by atoms with Gasteiger partial charge in [0.15, 0.2) is 5.13 Å². The smallest absolute Gasteiger partial charge is 0.250 e. The number of hydrogen-bond acceptors (Lipinski definition) is 5. The number of benzene rings is 1. The second kappa shape index (κ2) is 9.40. The lowest BCUT2D eigenvalue weighted by molar-refractivity contribution is -0.120. The van der Waals surface area contributed by atoms with E-state index >= 15 is 0 Å². The van der Waals surface area contributed by atoms with Gasteiger partial charge in [0.1, 0.15) is 0 Å². The molecule has 2 aromatic heterocycles. The van der Waals surface area contributed by atoms with E-state index < -0.39 is 0 Å². The molecular formula is C20H18N4O2S. The molecule has 0 saturated carbocycles. The number of hydrogen-bond donors (Lipinski definition) is 2. The predicted octanol–water partition coefficient (Wildman–Crippen LogP) is 3.05. The second-order valence-electron chi connectivity index (χ2n) is 5.69. The van der Waals surface area contributed by atoms with Crippen LogP contribution in [0.4, 0.5) is 5.13 Å². The number of thiazole rings is 1. The highest BCUT2D eigenvalue weighted by Gasteiger charge is 2.09. The van der Waals surface area contributed by atoms with Crippen molar-refractivity contribution in [1.29, 1.82) is 0 Å². The van der Waals surface area contributed by atoms with Gasteiger partial charge in [0, 0.05) is 30.4 Å².